The van der Waals surface area contributed by atoms with Crippen LogP contribution in [0.2, 0.25) is 0 Å². The number of carbonyl (C=O) groups excluding carboxylic acids is 1. The van der Waals surface area contributed by atoms with Gasteiger partial charge in [0, 0.05) is 19.1 Å². The summed E-state index contributed by atoms with van der Waals surface area (Å²) in [5.41, 5.74) is 4.89. The van der Waals surface area contributed by atoms with E-state index >= 15 is 0 Å². The molecule has 0 saturated carbocycles. The fourth-order valence-corrected chi connectivity index (χ4v) is 1.84. The van der Waals surface area contributed by atoms with Crippen molar-refractivity contribution in [3.8, 4) is 0 Å². The number of rotatable bonds is 6. The lowest BCUT2D eigenvalue weighted by Gasteiger charge is -2.00. The molecule has 0 spiro atoms. The SMILES string of the molecule is O=C(CCc1ccccc1)N/N=C/Cc1ccccc1. The molecule has 2 aromatic rings. The second-order valence-corrected chi connectivity index (χ2v) is 4.52. The molecular formula is C17H18N2O. The molecule has 1 amide bonds. The molecule has 20 heavy (non-hydrogen) atoms. The Labute approximate surface area is 119 Å². The molecule has 102 valence electrons. The third kappa shape index (κ3) is 5.06. The second-order valence-electron chi connectivity index (χ2n) is 4.52. The van der Waals surface area contributed by atoms with Gasteiger partial charge < -0.3 is 0 Å². The maximum absolute atomic E-state index is 11.6. The van der Waals surface area contributed by atoms with Crippen LogP contribution in [-0.4, -0.2) is 12.1 Å². The summed E-state index contributed by atoms with van der Waals surface area (Å²) in [5.74, 6) is -0.0573. The average molecular weight is 266 g/mol. The molecule has 3 nitrogen and oxygen atoms in total. The molecule has 2 aromatic carbocycles. The second kappa shape index (κ2) is 7.89. The van der Waals surface area contributed by atoms with Crippen LogP contribution in [0.15, 0.2) is 65.8 Å². The highest BCUT2D eigenvalue weighted by Crippen LogP contribution is 2.02. The van der Waals surface area contributed by atoms with Crippen LogP contribution in [0.1, 0.15) is 17.5 Å². The number of amides is 1. The fourth-order valence-electron chi connectivity index (χ4n) is 1.84. The van der Waals surface area contributed by atoms with Gasteiger partial charge in [-0.1, -0.05) is 60.7 Å². The monoisotopic (exact) mass is 266 g/mol. The Bertz CT molecular complexity index is 550. The van der Waals surface area contributed by atoms with Crippen LogP contribution in [-0.2, 0) is 17.6 Å². The van der Waals surface area contributed by atoms with Crippen molar-refractivity contribution in [2.45, 2.75) is 19.3 Å². The summed E-state index contributed by atoms with van der Waals surface area (Å²) in [6, 6.07) is 20.0. The van der Waals surface area contributed by atoms with Gasteiger partial charge in [-0.05, 0) is 17.5 Å². The van der Waals surface area contributed by atoms with Crippen LogP contribution >= 0.6 is 0 Å². The molecule has 0 unspecified atom stereocenters. The third-order valence-corrected chi connectivity index (χ3v) is 2.93. The number of benzene rings is 2. The molecule has 0 saturated heterocycles. The van der Waals surface area contributed by atoms with Crippen molar-refractivity contribution in [2.24, 2.45) is 5.10 Å². The van der Waals surface area contributed by atoms with E-state index in [9.17, 15) is 4.79 Å². The Morgan fingerprint density at radius 1 is 0.950 bits per heavy atom. The van der Waals surface area contributed by atoms with Crippen LogP contribution in [0.5, 0.6) is 0 Å². The molecule has 0 bridgehead atoms. The van der Waals surface area contributed by atoms with E-state index in [-0.39, 0.29) is 5.91 Å². The molecule has 0 aromatic heterocycles. The number of aryl methyl sites for hydroxylation is 1. The molecule has 3 heteroatoms. The topological polar surface area (TPSA) is 41.5 Å². The van der Waals surface area contributed by atoms with Gasteiger partial charge in [0.1, 0.15) is 0 Å². The number of hydrogen-bond donors (Lipinski definition) is 1. The van der Waals surface area contributed by atoms with E-state index in [1.165, 1.54) is 5.56 Å². The molecule has 0 fully saturated rings. The molecule has 0 aliphatic heterocycles. The van der Waals surface area contributed by atoms with E-state index in [1.54, 1.807) is 6.21 Å². The summed E-state index contributed by atoms with van der Waals surface area (Å²) < 4.78 is 0. The van der Waals surface area contributed by atoms with Crippen molar-refractivity contribution in [3.05, 3.63) is 71.8 Å². The van der Waals surface area contributed by atoms with Crippen LogP contribution in [0.25, 0.3) is 0 Å². The van der Waals surface area contributed by atoms with E-state index in [0.717, 1.165) is 18.4 Å². The van der Waals surface area contributed by atoms with Gasteiger partial charge in [-0.25, -0.2) is 5.43 Å². The highest BCUT2D eigenvalue weighted by molar-refractivity contribution is 5.77. The molecule has 0 aliphatic carbocycles. The van der Waals surface area contributed by atoms with E-state index < -0.39 is 0 Å². The zero-order valence-electron chi connectivity index (χ0n) is 11.3. The Balaban J connectivity index is 1.67. The average Bonchev–Trinajstić information content (AvgIpc) is 2.52. The minimum atomic E-state index is -0.0573. The number of carbonyl (C=O) groups is 1. The minimum Gasteiger partial charge on any atom is -0.273 e. The van der Waals surface area contributed by atoms with Gasteiger partial charge in [-0.15, -0.1) is 0 Å². The molecule has 0 heterocycles. The zero-order chi connectivity index (χ0) is 14.0. The van der Waals surface area contributed by atoms with Gasteiger partial charge in [-0.2, -0.15) is 5.10 Å². The largest absolute Gasteiger partial charge is 0.273 e. The number of hydrazone groups is 1. The van der Waals surface area contributed by atoms with Gasteiger partial charge in [0.05, 0.1) is 0 Å². The first-order valence-corrected chi connectivity index (χ1v) is 6.73. The Kier molecular flexibility index (Phi) is 5.53. The van der Waals surface area contributed by atoms with Crippen LogP contribution in [0.3, 0.4) is 0 Å². The summed E-state index contributed by atoms with van der Waals surface area (Å²) in [7, 11) is 0. The summed E-state index contributed by atoms with van der Waals surface area (Å²) in [5, 5.41) is 3.95. The number of nitrogens with one attached hydrogen (secondary N) is 1. The van der Waals surface area contributed by atoms with E-state index in [1.807, 2.05) is 60.7 Å². The lowest BCUT2D eigenvalue weighted by molar-refractivity contribution is -0.121. The summed E-state index contributed by atoms with van der Waals surface area (Å²) in [6.45, 7) is 0. The van der Waals surface area contributed by atoms with Gasteiger partial charge in [-0.3, -0.25) is 4.79 Å². The maximum Gasteiger partial charge on any atom is 0.240 e. The lowest BCUT2D eigenvalue weighted by atomic mass is 10.1. The summed E-state index contributed by atoms with van der Waals surface area (Å²) in [6.07, 6.45) is 3.63. The van der Waals surface area contributed by atoms with E-state index in [4.69, 9.17) is 0 Å². The fraction of sp³-hybridized carbons (Fsp3) is 0.176. The van der Waals surface area contributed by atoms with Crippen molar-refractivity contribution >= 4 is 12.1 Å². The summed E-state index contributed by atoms with van der Waals surface area (Å²) in [4.78, 5) is 11.6. The standard InChI is InChI=1S/C17H18N2O/c20-17(12-11-15-7-3-1-4-8-15)19-18-14-13-16-9-5-2-6-10-16/h1-10,14H,11-13H2,(H,19,20)/b18-14+. The normalized spacial score (nSPS) is 10.6. The first-order valence-electron chi connectivity index (χ1n) is 6.73. The zero-order valence-corrected chi connectivity index (χ0v) is 11.3. The van der Waals surface area contributed by atoms with Crippen molar-refractivity contribution in [1.82, 2.24) is 5.43 Å². The number of hydrogen-bond acceptors (Lipinski definition) is 2. The minimum absolute atomic E-state index is 0.0573. The smallest absolute Gasteiger partial charge is 0.240 e. The number of nitrogens with zero attached hydrogens (tertiary/aromatic N) is 1. The Hall–Kier alpha value is -2.42. The highest BCUT2D eigenvalue weighted by Gasteiger charge is 1.99. The molecule has 1 N–H and O–H groups in total. The van der Waals surface area contributed by atoms with Gasteiger partial charge in [0.15, 0.2) is 0 Å². The van der Waals surface area contributed by atoms with Crippen molar-refractivity contribution < 1.29 is 4.79 Å². The first-order chi connectivity index (χ1) is 9.84. The molecular weight excluding hydrogens is 248 g/mol. The van der Waals surface area contributed by atoms with E-state index in [2.05, 4.69) is 10.5 Å². The first kappa shape index (κ1) is 14.0. The molecule has 0 radical (unpaired) electrons. The van der Waals surface area contributed by atoms with Gasteiger partial charge >= 0.3 is 0 Å². The predicted octanol–water partition coefficient (Wildman–Crippen LogP) is 2.96. The quantitative estimate of drug-likeness (QED) is 0.634. The predicted molar refractivity (Wildman–Crippen MR) is 81.5 cm³/mol. The molecule has 0 aliphatic rings. The van der Waals surface area contributed by atoms with Crippen LogP contribution in [0, 0.1) is 0 Å². The lowest BCUT2D eigenvalue weighted by Crippen LogP contribution is -2.17. The highest BCUT2D eigenvalue weighted by atomic mass is 16.2. The Morgan fingerprint density at radius 2 is 1.55 bits per heavy atom. The van der Waals surface area contributed by atoms with Crippen molar-refractivity contribution in [2.75, 3.05) is 0 Å². The van der Waals surface area contributed by atoms with Gasteiger partial charge in [0.2, 0.25) is 5.91 Å². The van der Waals surface area contributed by atoms with Crippen LogP contribution in [0.4, 0.5) is 0 Å². The Morgan fingerprint density at radius 3 is 2.20 bits per heavy atom. The van der Waals surface area contributed by atoms with E-state index in [0.29, 0.717) is 6.42 Å². The summed E-state index contributed by atoms with van der Waals surface area (Å²) >= 11 is 0. The maximum atomic E-state index is 11.6. The third-order valence-electron chi connectivity index (χ3n) is 2.93. The molecule has 2 rings (SSSR count). The van der Waals surface area contributed by atoms with Crippen LogP contribution < -0.4 is 5.43 Å². The van der Waals surface area contributed by atoms with Crippen molar-refractivity contribution in [3.63, 3.8) is 0 Å². The molecule has 0 atom stereocenters. The van der Waals surface area contributed by atoms with Crippen molar-refractivity contribution in [1.29, 1.82) is 0 Å². The van der Waals surface area contributed by atoms with Gasteiger partial charge in [0.25, 0.3) is 0 Å².